The number of aromatic nitrogens is 3. The number of hydrogen-bond donors (Lipinski definition) is 3. The Morgan fingerprint density at radius 3 is 2.62 bits per heavy atom. The van der Waals surface area contributed by atoms with Crippen LogP contribution in [0.1, 0.15) is 20.8 Å². The Morgan fingerprint density at radius 1 is 1.27 bits per heavy atom. The monoisotopic (exact) mass is 379 g/mol. The Balaban J connectivity index is 2.05. The Hall–Kier alpha value is -2.45. The third kappa shape index (κ3) is 5.82. The number of amides is 2. The molecule has 1 atom stereocenters. The van der Waals surface area contributed by atoms with Crippen molar-refractivity contribution in [3.8, 4) is 5.69 Å². The second-order valence-corrected chi connectivity index (χ2v) is 6.67. The summed E-state index contributed by atoms with van der Waals surface area (Å²) < 4.78 is 1.55. The minimum absolute atomic E-state index is 0.0734. The minimum Gasteiger partial charge on any atom is -0.349 e. The van der Waals surface area contributed by atoms with E-state index in [1.54, 1.807) is 29.2 Å². The van der Waals surface area contributed by atoms with Crippen molar-refractivity contribution in [2.45, 2.75) is 26.8 Å². The van der Waals surface area contributed by atoms with Gasteiger partial charge in [-0.3, -0.25) is 9.59 Å². The standard InChI is InChI=1S/C17H23ClN6O2/c1-4-23(8-16(25)21-12(2)3)9-17(26)22-14-7-13(18)5-6-15(14)24-11-19-10-20-24/h5-7,10-12H,4,8-9H2,1-3H3,(H,21,25)(H,22,26)/p+1. The molecule has 0 fully saturated rings. The van der Waals surface area contributed by atoms with Crippen molar-refractivity contribution >= 4 is 29.1 Å². The second kappa shape index (κ2) is 9.30. The fourth-order valence-electron chi connectivity index (χ4n) is 2.47. The molecule has 26 heavy (non-hydrogen) atoms. The molecule has 2 aromatic rings. The Labute approximate surface area is 157 Å². The zero-order valence-electron chi connectivity index (χ0n) is 15.1. The molecule has 0 aliphatic carbocycles. The van der Waals surface area contributed by atoms with E-state index in [-0.39, 0.29) is 30.9 Å². The molecule has 0 saturated heterocycles. The van der Waals surface area contributed by atoms with E-state index >= 15 is 0 Å². The number of nitrogens with one attached hydrogen (secondary N) is 3. The van der Waals surface area contributed by atoms with Crippen LogP contribution in [0.3, 0.4) is 0 Å². The number of likely N-dealkylation sites (N-methyl/N-ethyl adjacent to an activating group) is 1. The Morgan fingerprint density at radius 2 is 2.00 bits per heavy atom. The Kier molecular flexibility index (Phi) is 7.11. The molecule has 9 heteroatoms. The molecule has 0 spiro atoms. The lowest BCUT2D eigenvalue weighted by atomic mass is 10.2. The number of hydrogen-bond acceptors (Lipinski definition) is 4. The molecular formula is C17H24ClN6O2+. The van der Waals surface area contributed by atoms with E-state index in [2.05, 4.69) is 20.7 Å². The molecule has 1 aromatic heterocycles. The van der Waals surface area contributed by atoms with Crippen LogP contribution in [0.5, 0.6) is 0 Å². The van der Waals surface area contributed by atoms with Gasteiger partial charge in [-0.25, -0.2) is 9.67 Å². The first kappa shape index (κ1) is 19.9. The van der Waals surface area contributed by atoms with E-state index in [1.807, 2.05) is 20.8 Å². The predicted octanol–water partition coefficient (Wildman–Crippen LogP) is 0.289. The van der Waals surface area contributed by atoms with Gasteiger partial charge in [0.2, 0.25) is 0 Å². The normalized spacial score (nSPS) is 12.0. The van der Waals surface area contributed by atoms with Crippen molar-refractivity contribution in [1.82, 2.24) is 20.1 Å². The van der Waals surface area contributed by atoms with Gasteiger partial charge in [0, 0.05) is 11.1 Å². The average molecular weight is 380 g/mol. The van der Waals surface area contributed by atoms with Crippen LogP contribution in [0.25, 0.3) is 5.69 Å². The van der Waals surface area contributed by atoms with Crippen LogP contribution in [0.15, 0.2) is 30.9 Å². The van der Waals surface area contributed by atoms with Crippen LogP contribution in [0.4, 0.5) is 5.69 Å². The molecule has 0 aliphatic rings. The summed E-state index contributed by atoms with van der Waals surface area (Å²) in [5, 5.41) is 10.3. The number of nitrogens with zero attached hydrogens (tertiary/aromatic N) is 3. The summed E-state index contributed by atoms with van der Waals surface area (Å²) >= 11 is 6.06. The number of benzene rings is 1. The van der Waals surface area contributed by atoms with E-state index in [1.165, 1.54) is 6.33 Å². The Bertz CT molecular complexity index is 748. The summed E-state index contributed by atoms with van der Waals surface area (Å²) in [5.41, 5.74) is 1.20. The van der Waals surface area contributed by atoms with E-state index in [9.17, 15) is 9.59 Å². The first-order valence-electron chi connectivity index (χ1n) is 8.46. The van der Waals surface area contributed by atoms with Gasteiger partial charge in [-0.2, -0.15) is 5.10 Å². The smallest absolute Gasteiger partial charge is 0.279 e. The number of carbonyl (C=O) groups is 2. The van der Waals surface area contributed by atoms with Crippen molar-refractivity contribution < 1.29 is 14.5 Å². The van der Waals surface area contributed by atoms with Gasteiger partial charge < -0.3 is 15.5 Å². The first-order valence-corrected chi connectivity index (χ1v) is 8.84. The lowest BCUT2D eigenvalue weighted by molar-refractivity contribution is -0.881. The third-order valence-corrected chi connectivity index (χ3v) is 3.90. The molecular weight excluding hydrogens is 356 g/mol. The molecule has 3 N–H and O–H groups in total. The molecule has 0 saturated carbocycles. The van der Waals surface area contributed by atoms with Crippen molar-refractivity contribution in [1.29, 1.82) is 0 Å². The number of carbonyl (C=O) groups excluding carboxylic acids is 2. The fraction of sp³-hybridized carbons (Fsp3) is 0.412. The van der Waals surface area contributed by atoms with Crippen LogP contribution < -0.4 is 15.5 Å². The van der Waals surface area contributed by atoms with Crippen molar-refractivity contribution in [3.05, 3.63) is 35.9 Å². The van der Waals surface area contributed by atoms with Gasteiger partial charge in [-0.05, 0) is 39.0 Å². The molecule has 1 aromatic carbocycles. The van der Waals surface area contributed by atoms with Crippen LogP contribution in [0, 0.1) is 0 Å². The maximum atomic E-state index is 12.5. The molecule has 1 heterocycles. The maximum absolute atomic E-state index is 12.5. The molecule has 2 amide bonds. The van der Waals surface area contributed by atoms with Crippen LogP contribution >= 0.6 is 11.6 Å². The predicted molar refractivity (Wildman–Crippen MR) is 99.5 cm³/mol. The number of halogens is 1. The molecule has 140 valence electrons. The van der Waals surface area contributed by atoms with Crippen molar-refractivity contribution in [2.24, 2.45) is 0 Å². The van der Waals surface area contributed by atoms with Gasteiger partial charge in [-0.1, -0.05) is 11.6 Å². The summed E-state index contributed by atoms with van der Waals surface area (Å²) in [7, 11) is 0. The van der Waals surface area contributed by atoms with Gasteiger partial charge in [0.25, 0.3) is 11.8 Å². The second-order valence-electron chi connectivity index (χ2n) is 6.23. The van der Waals surface area contributed by atoms with Gasteiger partial charge in [-0.15, -0.1) is 0 Å². The van der Waals surface area contributed by atoms with Gasteiger partial charge in [0.15, 0.2) is 13.1 Å². The quantitative estimate of drug-likeness (QED) is 0.614. The first-order chi connectivity index (χ1) is 12.4. The van der Waals surface area contributed by atoms with E-state index < -0.39 is 0 Å². The topological polar surface area (TPSA) is 93.3 Å². The minimum atomic E-state index is -0.206. The average Bonchev–Trinajstić information content (AvgIpc) is 3.07. The van der Waals surface area contributed by atoms with Gasteiger partial charge in [0.05, 0.1) is 17.9 Å². The highest BCUT2D eigenvalue weighted by Gasteiger charge is 2.18. The number of anilines is 1. The van der Waals surface area contributed by atoms with E-state index in [0.717, 1.165) is 4.90 Å². The van der Waals surface area contributed by atoms with Gasteiger partial charge >= 0.3 is 0 Å². The van der Waals surface area contributed by atoms with Crippen molar-refractivity contribution in [2.75, 3.05) is 25.0 Å². The van der Waals surface area contributed by atoms with Crippen LogP contribution in [-0.4, -0.2) is 52.3 Å². The number of quaternary nitrogens is 1. The highest BCUT2D eigenvalue weighted by molar-refractivity contribution is 6.31. The van der Waals surface area contributed by atoms with Gasteiger partial charge in [0.1, 0.15) is 12.7 Å². The fourth-order valence-corrected chi connectivity index (χ4v) is 2.65. The lowest BCUT2D eigenvalue weighted by Crippen LogP contribution is -3.14. The van der Waals surface area contributed by atoms with Crippen molar-refractivity contribution in [3.63, 3.8) is 0 Å². The SMILES string of the molecule is CC[NH+](CC(=O)Nc1cc(Cl)ccc1-n1cncn1)CC(=O)NC(C)C. The molecule has 8 nitrogen and oxygen atoms in total. The van der Waals surface area contributed by atoms with E-state index in [4.69, 9.17) is 11.6 Å². The highest BCUT2D eigenvalue weighted by atomic mass is 35.5. The molecule has 0 bridgehead atoms. The summed E-state index contributed by atoms with van der Waals surface area (Å²) in [6.45, 7) is 6.82. The van der Waals surface area contributed by atoms with Crippen LogP contribution in [0.2, 0.25) is 5.02 Å². The summed E-state index contributed by atoms with van der Waals surface area (Å²) in [4.78, 5) is 29.2. The summed E-state index contributed by atoms with van der Waals surface area (Å²) in [6, 6.07) is 5.21. The largest absolute Gasteiger partial charge is 0.349 e. The summed E-state index contributed by atoms with van der Waals surface area (Å²) in [5.74, 6) is -0.279. The highest BCUT2D eigenvalue weighted by Crippen LogP contribution is 2.23. The summed E-state index contributed by atoms with van der Waals surface area (Å²) in [6.07, 6.45) is 2.95. The molecule has 0 radical (unpaired) electrons. The lowest BCUT2D eigenvalue weighted by Gasteiger charge is -2.18. The third-order valence-electron chi connectivity index (χ3n) is 3.67. The molecule has 2 rings (SSSR count). The zero-order chi connectivity index (χ0) is 19.1. The van der Waals surface area contributed by atoms with E-state index in [0.29, 0.717) is 22.9 Å². The zero-order valence-corrected chi connectivity index (χ0v) is 15.9. The van der Waals surface area contributed by atoms with Crippen LogP contribution in [-0.2, 0) is 9.59 Å². The number of rotatable bonds is 8. The maximum Gasteiger partial charge on any atom is 0.279 e. The molecule has 1 unspecified atom stereocenters. The molecule has 0 aliphatic heterocycles.